The Morgan fingerprint density at radius 3 is 1.07 bits per heavy atom. The number of hydrogen-bond acceptors (Lipinski definition) is 20. The third-order valence-corrected chi connectivity index (χ3v) is 19.6. The molecule has 0 saturated carbocycles. The van der Waals surface area contributed by atoms with Crippen LogP contribution in [0.1, 0.15) is 166 Å². The van der Waals surface area contributed by atoms with Crippen LogP contribution in [0.2, 0.25) is 25.1 Å². The SMILES string of the molecule is C.CCCCCCCC.CCCCCCCC.CCOC(C(=O)c1ccc(-c2cc(OC)c(Cl)c(OC)c2)o1)c1ccc(-c2nnc(C)s2)cc1.COc1cc(-c2cc[c-]o2)cc(O)c1Cl.COc1cc(-c2cc[c-]o2)cc(O)c1Cl.COc1cc(-c2cc[c-]o2)cc(OC)c1Cl.COc1cc(-c2ccco2)cc(OC)c1Cl.[CH2-]CCC.[Li][Mg][Li].[Mg+2]. The topological polar surface area (TPSA) is 232 Å². The summed E-state index contributed by atoms with van der Waals surface area (Å²) in [5, 5.41) is 30.7. The molecule has 0 radical (unpaired) electrons. The molecule has 1 atom stereocenters. The molecule has 121 heavy (non-hydrogen) atoms. The van der Waals surface area contributed by atoms with Crippen LogP contribution in [-0.2, 0) is 4.74 Å². The molecule has 0 bridgehead atoms. The molecule has 2 N–H and O–H groups in total. The van der Waals surface area contributed by atoms with Crippen molar-refractivity contribution in [3.05, 3.63) is 219 Å². The molecule has 0 saturated heterocycles. The van der Waals surface area contributed by atoms with Crippen LogP contribution < -0.4 is 37.9 Å². The fraction of sp³-hybridized carbons (Fsp3) is 0.348. The normalized spacial score (nSPS) is 10.2. The van der Waals surface area contributed by atoms with Gasteiger partial charge in [-0.25, -0.2) is 0 Å². The molecule has 0 fully saturated rings. The van der Waals surface area contributed by atoms with Crippen LogP contribution in [0.4, 0.5) is 0 Å². The third-order valence-electron chi connectivity index (χ3n) is 16.9. The largest absolute Gasteiger partial charge is 2.00 e. The van der Waals surface area contributed by atoms with Crippen molar-refractivity contribution in [2.45, 2.75) is 152 Å². The van der Waals surface area contributed by atoms with Gasteiger partial charge in [0, 0.05) is 23.3 Å². The van der Waals surface area contributed by atoms with E-state index < -0.39 is 6.10 Å². The first-order chi connectivity index (χ1) is 57.6. The first kappa shape index (κ1) is 110. The summed E-state index contributed by atoms with van der Waals surface area (Å²) < 4.78 is 73.7. The molecule has 0 spiro atoms. The Hall–Kier alpha value is -6.91. The van der Waals surface area contributed by atoms with E-state index in [-0.39, 0.29) is 63.6 Å². The maximum atomic E-state index is 13.3. The Morgan fingerprint density at radius 2 is 0.793 bits per heavy atom. The number of ether oxygens (including phenoxy) is 9. The summed E-state index contributed by atoms with van der Waals surface area (Å²) >= 11 is 36.5. The van der Waals surface area contributed by atoms with Crippen LogP contribution in [0, 0.1) is 32.6 Å². The second-order valence-corrected chi connectivity index (χ2v) is 30.3. The smallest absolute Gasteiger partial charge is 2.00 e. The molecule has 6 heterocycles. The van der Waals surface area contributed by atoms with E-state index in [4.69, 9.17) is 123 Å². The number of benzene rings is 6. The van der Waals surface area contributed by atoms with Crippen molar-refractivity contribution >= 4 is 142 Å². The Bertz CT molecular complexity index is 4480. The van der Waals surface area contributed by atoms with Crippen molar-refractivity contribution in [2.24, 2.45) is 0 Å². The minimum atomic E-state index is -0.802. The molecule has 638 valence electrons. The standard InChI is InChI=1S/C25H23ClN2O5S.C12H11ClO3.C12H10ClO3.2C11H8ClO3.2C8H18.C4H9.CH4.2Li.2Mg/c1-5-32-24(15-6-8-16(9-7-15)25-28-27-14(2)34-25)23(29)19-11-10-18(33-19)17-12-20(30-3)22(26)21(13-17)31-4;2*1-14-10-6-8(9-4-3-5-16-9)7-11(15-2)12(10)13;2*1-14-10-6-7(5-8(13)11(10)12)9-3-2-4-15-9;2*1-3-5-7-8-6-4-2;1-3-4-2;;;;;/h6-13,24H,5H2,1-4H3;3-7H,1-2H3;3-4,6-7H,1-2H3;2*2-3,5-6,13H,1H3;2*3-8H2,1-2H3;1,3-4H2,2H3;1H4;;;;/q;;3*-1;;;-1;;;;;+2. The van der Waals surface area contributed by atoms with Crippen molar-refractivity contribution in [3.63, 3.8) is 0 Å². The van der Waals surface area contributed by atoms with Crippen molar-refractivity contribution in [3.8, 4) is 125 Å². The average Bonchev–Trinajstić information content (AvgIpc) is 1.38. The molecule has 19 nitrogen and oxygen atoms in total. The monoisotopic (exact) mass is 1780 g/mol. The molecule has 0 aliphatic rings. The molecule has 12 rings (SSSR count). The molecule has 6 aromatic carbocycles. The van der Waals surface area contributed by atoms with E-state index in [0.717, 1.165) is 44.5 Å². The van der Waals surface area contributed by atoms with Crippen LogP contribution in [0.3, 0.4) is 0 Å². The number of hydrogen-bond donors (Lipinski definition) is 2. The molecule has 1 unspecified atom stereocenters. The van der Waals surface area contributed by atoms with Crippen molar-refractivity contribution in [1.29, 1.82) is 0 Å². The molecule has 6 aromatic heterocycles. The van der Waals surface area contributed by atoms with E-state index in [1.165, 1.54) is 135 Å². The minimum Gasteiger partial charge on any atom is 2.00 e. The van der Waals surface area contributed by atoms with Crippen LogP contribution in [0.25, 0.3) is 67.2 Å². The summed E-state index contributed by atoms with van der Waals surface area (Å²) in [6.07, 6.45) is 27.8. The van der Waals surface area contributed by atoms with Gasteiger partial charge in [0.1, 0.15) is 110 Å². The van der Waals surface area contributed by atoms with Gasteiger partial charge in [0.2, 0.25) is 5.78 Å². The third kappa shape index (κ3) is 36.7. The van der Waals surface area contributed by atoms with Gasteiger partial charge in [-0.05, 0) is 157 Å². The molecule has 0 aliphatic carbocycles. The predicted octanol–water partition coefficient (Wildman–Crippen LogP) is 27.1. The van der Waals surface area contributed by atoms with Crippen molar-refractivity contribution in [1.82, 2.24) is 10.2 Å². The van der Waals surface area contributed by atoms with E-state index in [2.05, 4.69) is 99.5 Å². The maximum Gasteiger partial charge on any atom is 2.00 e. The zero-order valence-electron chi connectivity index (χ0n) is 71.9. The molecular formula is C92H109Cl5Li2Mg2N2O17S-2. The number of carbonyl (C=O) groups excluding carboxylic acids is 1. The maximum absolute atomic E-state index is 13.3. The zero-order chi connectivity index (χ0) is 87.6. The molecule has 12 aromatic rings. The van der Waals surface area contributed by atoms with Crippen LogP contribution >= 0.6 is 69.3 Å². The number of furan rings is 5. The van der Waals surface area contributed by atoms with E-state index in [0.29, 0.717) is 123 Å². The van der Waals surface area contributed by atoms with Crippen molar-refractivity contribution < 1.29 is 79.7 Å². The van der Waals surface area contributed by atoms with Gasteiger partial charge in [0.05, 0.1) is 63.1 Å². The number of aryl methyl sites for hydroxylation is 1. The van der Waals surface area contributed by atoms with E-state index in [1.807, 2.05) is 68.4 Å². The first-order valence-electron chi connectivity index (χ1n) is 39.3. The predicted molar refractivity (Wildman–Crippen MR) is 495 cm³/mol. The Kier molecular flexibility index (Phi) is 57.4. The number of aromatic nitrogens is 2. The minimum absolute atomic E-state index is 0. The van der Waals surface area contributed by atoms with E-state index in [9.17, 15) is 15.0 Å². The molecule has 0 aliphatic heterocycles. The summed E-state index contributed by atoms with van der Waals surface area (Å²) in [7, 11) is 12.2. The van der Waals surface area contributed by atoms with E-state index >= 15 is 0 Å². The number of carbonyl (C=O) groups is 1. The van der Waals surface area contributed by atoms with Crippen LogP contribution in [-0.4, -0.2) is 157 Å². The van der Waals surface area contributed by atoms with Crippen LogP contribution in [0.5, 0.6) is 57.5 Å². The molecular weight excluding hydrogens is 1680 g/mol. The fourth-order valence-corrected chi connectivity index (χ4v) is 12.4. The van der Waals surface area contributed by atoms with E-state index in [1.54, 1.807) is 114 Å². The number of rotatable bonds is 30. The molecule has 29 heteroatoms. The van der Waals surface area contributed by atoms with Crippen molar-refractivity contribution in [2.75, 3.05) is 63.5 Å². The summed E-state index contributed by atoms with van der Waals surface area (Å²) in [6, 6.07) is 41.9. The summed E-state index contributed by atoms with van der Waals surface area (Å²) in [5.74, 6) is 6.86. The number of aromatic hydroxyl groups is 2. The van der Waals surface area contributed by atoms with Gasteiger partial charge >= 0.3 is 67.1 Å². The van der Waals surface area contributed by atoms with Gasteiger partial charge < -0.3 is 81.9 Å². The number of Topliss-reactive ketones (excluding diaryl/α,β-unsaturated/α-hetero) is 1. The quantitative estimate of drug-likeness (QED) is 0.0184. The number of ketones is 1. The van der Waals surface area contributed by atoms with Gasteiger partial charge in [-0.3, -0.25) is 4.79 Å². The number of halogens is 5. The summed E-state index contributed by atoms with van der Waals surface area (Å²) in [4.78, 5) is 13.3. The Balaban J connectivity index is 0.000000495. The van der Waals surface area contributed by atoms with Gasteiger partial charge in [-0.2, -0.15) is 24.6 Å². The number of phenolic OH excluding ortho intramolecular Hbond substituents is 2. The number of unbranched alkanes of at least 4 members (excludes halogenated alkanes) is 11. The first-order valence-corrected chi connectivity index (χ1v) is 44.9. The van der Waals surface area contributed by atoms with Gasteiger partial charge in [0.15, 0.2) is 5.76 Å². The second-order valence-electron chi connectivity index (χ2n) is 25.8. The second kappa shape index (κ2) is 63.1. The van der Waals surface area contributed by atoms with Gasteiger partial charge in [0.25, 0.3) is 0 Å². The number of nitrogens with zero attached hydrogens (tertiary/aromatic N) is 2. The summed E-state index contributed by atoms with van der Waals surface area (Å²) in [6.45, 7) is 18.9. The number of methoxy groups -OCH3 is 8. The van der Waals surface area contributed by atoms with Gasteiger partial charge in [-0.15, -0.1) is 28.4 Å². The molecule has 0 amide bonds. The Labute approximate surface area is 783 Å². The van der Waals surface area contributed by atoms with Crippen LogP contribution in [0.15, 0.2) is 174 Å². The fourth-order valence-electron chi connectivity index (χ4n) is 10.6. The van der Waals surface area contributed by atoms with Gasteiger partial charge in [-0.1, -0.05) is 219 Å². The zero-order valence-corrected chi connectivity index (χ0v) is 79.4. The number of phenols is 2. The summed E-state index contributed by atoms with van der Waals surface area (Å²) in [5.41, 5.74) is 5.40. The average molecular weight is 1790 g/mol. The Morgan fingerprint density at radius 1 is 0.463 bits per heavy atom.